The molecule has 1 fully saturated rings. The summed E-state index contributed by atoms with van der Waals surface area (Å²) in [5, 5.41) is 8.79. The lowest BCUT2D eigenvalue weighted by molar-refractivity contribution is -0.0656. The molecule has 1 N–H and O–H groups in total. The smallest absolute Gasteiger partial charge is 0.158 e. The second kappa shape index (κ2) is 9.86. The molecule has 0 saturated carbocycles. The first-order chi connectivity index (χ1) is 8.36. The van der Waals surface area contributed by atoms with Crippen molar-refractivity contribution >= 4 is 0 Å². The number of unbranched alkanes of at least 4 members (excludes halogenated alkanes) is 6. The Labute approximate surface area is 105 Å². The van der Waals surface area contributed by atoms with Gasteiger partial charge in [-0.15, -0.1) is 0 Å². The Bertz CT molecular complexity index is 173. The van der Waals surface area contributed by atoms with Gasteiger partial charge in [0.15, 0.2) is 6.29 Å². The summed E-state index contributed by atoms with van der Waals surface area (Å²) in [5.74, 6) is 0. The monoisotopic (exact) mass is 244 g/mol. The Morgan fingerprint density at radius 3 is 2.41 bits per heavy atom. The predicted octanol–water partition coefficient (Wildman–Crippen LogP) is 3.25. The van der Waals surface area contributed by atoms with Gasteiger partial charge in [-0.25, -0.2) is 0 Å². The third-order valence-electron chi connectivity index (χ3n) is 3.31. The van der Waals surface area contributed by atoms with Crippen molar-refractivity contribution in [1.82, 2.24) is 0 Å². The second-order valence-corrected chi connectivity index (χ2v) is 4.94. The fraction of sp³-hybridized carbons (Fsp3) is 1.00. The summed E-state index contributed by atoms with van der Waals surface area (Å²) in [6, 6.07) is 0. The molecule has 3 heteroatoms. The van der Waals surface area contributed by atoms with E-state index in [1.165, 1.54) is 44.9 Å². The van der Waals surface area contributed by atoms with Crippen LogP contribution in [-0.4, -0.2) is 30.7 Å². The predicted molar refractivity (Wildman–Crippen MR) is 68.9 cm³/mol. The standard InChI is InChI=1S/C14H28O3/c1-2-3-4-5-6-7-8-9-14-16-12-13(17-14)10-11-15/h13-15H,2-12H2,1H3. The Hall–Kier alpha value is -0.120. The highest BCUT2D eigenvalue weighted by molar-refractivity contribution is 4.65. The zero-order chi connectivity index (χ0) is 12.3. The molecule has 0 bridgehead atoms. The quantitative estimate of drug-likeness (QED) is 0.599. The maximum absolute atomic E-state index is 8.79. The van der Waals surface area contributed by atoms with Crippen LogP contribution in [0.25, 0.3) is 0 Å². The van der Waals surface area contributed by atoms with Crippen molar-refractivity contribution < 1.29 is 14.6 Å². The molecule has 0 aliphatic carbocycles. The molecule has 1 heterocycles. The van der Waals surface area contributed by atoms with E-state index in [1.54, 1.807) is 0 Å². The molecule has 2 unspecified atom stereocenters. The minimum Gasteiger partial charge on any atom is -0.396 e. The minimum atomic E-state index is -0.0119. The molecular weight excluding hydrogens is 216 g/mol. The van der Waals surface area contributed by atoms with Gasteiger partial charge in [-0.05, 0) is 19.3 Å². The first kappa shape index (κ1) is 14.9. The Kier molecular flexibility index (Phi) is 8.67. The highest BCUT2D eigenvalue weighted by atomic mass is 16.7. The summed E-state index contributed by atoms with van der Waals surface area (Å²) >= 11 is 0. The number of aliphatic hydroxyl groups excluding tert-OH is 1. The van der Waals surface area contributed by atoms with Gasteiger partial charge in [0.1, 0.15) is 0 Å². The Balaban J connectivity index is 1.87. The van der Waals surface area contributed by atoms with Crippen molar-refractivity contribution in [3.8, 4) is 0 Å². The lowest BCUT2D eigenvalue weighted by Crippen LogP contribution is -2.13. The minimum absolute atomic E-state index is 0.0119. The molecule has 1 aliphatic heterocycles. The van der Waals surface area contributed by atoms with Crippen molar-refractivity contribution in [3.05, 3.63) is 0 Å². The van der Waals surface area contributed by atoms with Crippen LogP contribution in [0.15, 0.2) is 0 Å². The molecule has 0 aromatic rings. The molecule has 102 valence electrons. The molecule has 0 radical (unpaired) electrons. The van der Waals surface area contributed by atoms with Gasteiger partial charge in [-0.2, -0.15) is 0 Å². The van der Waals surface area contributed by atoms with Gasteiger partial charge in [-0.1, -0.05) is 45.4 Å². The van der Waals surface area contributed by atoms with Crippen LogP contribution in [0.1, 0.15) is 64.7 Å². The van der Waals surface area contributed by atoms with Crippen LogP contribution in [0.4, 0.5) is 0 Å². The normalized spacial score (nSPS) is 24.4. The summed E-state index contributed by atoms with van der Waals surface area (Å²) in [5.41, 5.74) is 0. The van der Waals surface area contributed by atoms with Gasteiger partial charge in [0.05, 0.1) is 12.7 Å². The molecule has 3 nitrogen and oxygen atoms in total. The van der Waals surface area contributed by atoms with Crippen LogP contribution in [0.3, 0.4) is 0 Å². The number of hydrogen-bond donors (Lipinski definition) is 1. The van der Waals surface area contributed by atoms with Crippen molar-refractivity contribution in [2.45, 2.75) is 77.1 Å². The van der Waals surface area contributed by atoms with Gasteiger partial charge in [-0.3, -0.25) is 0 Å². The molecule has 0 amide bonds. The van der Waals surface area contributed by atoms with E-state index < -0.39 is 0 Å². The molecule has 1 saturated heterocycles. The van der Waals surface area contributed by atoms with Gasteiger partial charge in [0.2, 0.25) is 0 Å². The third kappa shape index (κ3) is 7.02. The summed E-state index contributed by atoms with van der Waals surface area (Å²) in [7, 11) is 0. The molecule has 17 heavy (non-hydrogen) atoms. The number of hydrogen-bond acceptors (Lipinski definition) is 3. The topological polar surface area (TPSA) is 38.7 Å². The van der Waals surface area contributed by atoms with E-state index in [-0.39, 0.29) is 19.0 Å². The van der Waals surface area contributed by atoms with E-state index in [0.717, 1.165) is 6.42 Å². The Morgan fingerprint density at radius 1 is 1.00 bits per heavy atom. The zero-order valence-corrected chi connectivity index (χ0v) is 11.2. The summed E-state index contributed by atoms with van der Waals surface area (Å²) in [4.78, 5) is 0. The van der Waals surface area contributed by atoms with Crippen LogP contribution in [-0.2, 0) is 9.47 Å². The number of aliphatic hydroxyl groups is 1. The van der Waals surface area contributed by atoms with Crippen LogP contribution in [0.5, 0.6) is 0 Å². The van der Waals surface area contributed by atoms with Crippen molar-refractivity contribution in [3.63, 3.8) is 0 Å². The van der Waals surface area contributed by atoms with Crippen LogP contribution in [0, 0.1) is 0 Å². The molecule has 0 spiro atoms. The van der Waals surface area contributed by atoms with Crippen molar-refractivity contribution in [2.24, 2.45) is 0 Å². The lowest BCUT2D eigenvalue weighted by atomic mass is 10.1. The van der Waals surface area contributed by atoms with E-state index in [2.05, 4.69) is 6.92 Å². The summed E-state index contributed by atoms with van der Waals surface area (Å²) < 4.78 is 11.2. The van der Waals surface area contributed by atoms with E-state index in [0.29, 0.717) is 13.0 Å². The van der Waals surface area contributed by atoms with Crippen LogP contribution in [0.2, 0.25) is 0 Å². The highest BCUT2D eigenvalue weighted by Gasteiger charge is 2.24. The van der Waals surface area contributed by atoms with E-state index in [1.807, 2.05) is 0 Å². The van der Waals surface area contributed by atoms with Gasteiger partial charge in [0.25, 0.3) is 0 Å². The van der Waals surface area contributed by atoms with Crippen LogP contribution < -0.4 is 0 Å². The average Bonchev–Trinajstić information content (AvgIpc) is 2.76. The molecule has 2 atom stereocenters. The lowest BCUT2D eigenvalue weighted by Gasteiger charge is -2.10. The maximum Gasteiger partial charge on any atom is 0.158 e. The summed E-state index contributed by atoms with van der Waals surface area (Å²) in [6.45, 7) is 3.09. The zero-order valence-electron chi connectivity index (χ0n) is 11.2. The second-order valence-electron chi connectivity index (χ2n) is 4.94. The molecule has 1 aliphatic rings. The van der Waals surface area contributed by atoms with Gasteiger partial charge < -0.3 is 14.6 Å². The fourth-order valence-electron chi connectivity index (χ4n) is 2.22. The van der Waals surface area contributed by atoms with E-state index >= 15 is 0 Å². The van der Waals surface area contributed by atoms with Gasteiger partial charge in [0, 0.05) is 6.61 Å². The van der Waals surface area contributed by atoms with E-state index in [4.69, 9.17) is 14.6 Å². The average molecular weight is 244 g/mol. The highest BCUT2D eigenvalue weighted by Crippen LogP contribution is 2.19. The third-order valence-corrected chi connectivity index (χ3v) is 3.31. The first-order valence-corrected chi connectivity index (χ1v) is 7.24. The molecule has 0 aromatic carbocycles. The Morgan fingerprint density at radius 2 is 1.71 bits per heavy atom. The molecule has 0 aromatic heterocycles. The van der Waals surface area contributed by atoms with E-state index in [9.17, 15) is 0 Å². The molecule has 1 rings (SSSR count). The van der Waals surface area contributed by atoms with Crippen molar-refractivity contribution in [2.75, 3.05) is 13.2 Å². The first-order valence-electron chi connectivity index (χ1n) is 7.24. The maximum atomic E-state index is 8.79. The number of ether oxygens (including phenoxy) is 2. The van der Waals surface area contributed by atoms with Gasteiger partial charge >= 0.3 is 0 Å². The SMILES string of the molecule is CCCCCCCCCC1OCC(CCO)O1. The fourth-order valence-corrected chi connectivity index (χ4v) is 2.22. The number of rotatable bonds is 10. The largest absolute Gasteiger partial charge is 0.396 e. The molecular formula is C14H28O3. The summed E-state index contributed by atoms with van der Waals surface area (Å²) in [6.07, 6.45) is 11.1. The van der Waals surface area contributed by atoms with Crippen molar-refractivity contribution in [1.29, 1.82) is 0 Å². The van der Waals surface area contributed by atoms with Crippen LogP contribution >= 0.6 is 0 Å².